The largest absolute Gasteiger partial charge is 0.317 e. The molecule has 1 amide bonds. The van der Waals surface area contributed by atoms with Gasteiger partial charge < -0.3 is 10.6 Å². The highest BCUT2D eigenvalue weighted by Crippen LogP contribution is 2.35. The highest BCUT2D eigenvalue weighted by Gasteiger charge is 2.22. The summed E-state index contributed by atoms with van der Waals surface area (Å²) in [5.74, 6) is 0.162. The summed E-state index contributed by atoms with van der Waals surface area (Å²) < 4.78 is 0. The van der Waals surface area contributed by atoms with Crippen molar-refractivity contribution in [2.24, 2.45) is 0 Å². The van der Waals surface area contributed by atoms with Crippen LogP contribution in [-0.4, -0.2) is 12.5 Å². The van der Waals surface area contributed by atoms with Crippen molar-refractivity contribution in [2.75, 3.05) is 11.9 Å². The topological polar surface area (TPSA) is 64.9 Å². The van der Waals surface area contributed by atoms with Gasteiger partial charge in [0.05, 0.1) is 5.56 Å². The summed E-state index contributed by atoms with van der Waals surface area (Å²) in [5.41, 5.74) is 2.95. The first-order valence-electron chi connectivity index (χ1n) is 7.26. The fourth-order valence-corrected chi connectivity index (χ4v) is 4.64. The van der Waals surface area contributed by atoms with Gasteiger partial charge in [-0.3, -0.25) is 4.79 Å². The molecule has 0 saturated heterocycles. The van der Waals surface area contributed by atoms with Gasteiger partial charge in [-0.25, -0.2) is 0 Å². The molecular weight excluding hydrogens is 314 g/mol. The van der Waals surface area contributed by atoms with Crippen molar-refractivity contribution in [1.29, 1.82) is 5.26 Å². The summed E-state index contributed by atoms with van der Waals surface area (Å²) >= 11 is 3.17. The third kappa shape index (κ3) is 3.07. The second-order valence-electron chi connectivity index (χ2n) is 5.46. The molecule has 1 aliphatic rings. The van der Waals surface area contributed by atoms with Gasteiger partial charge >= 0.3 is 0 Å². The summed E-state index contributed by atoms with van der Waals surface area (Å²) in [7, 11) is 0. The Balaban J connectivity index is 1.72. The van der Waals surface area contributed by atoms with Crippen LogP contribution < -0.4 is 10.6 Å². The number of nitrogens with zero attached hydrogens (tertiary/aromatic N) is 1. The second kappa shape index (κ2) is 6.61. The first-order valence-corrected chi connectivity index (χ1v) is 9.02. The number of anilines is 1. The van der Waals surface area contributed by atoms with E-state index in [4.69, 9.17) is 0 Å². The molecule has 0 fully saturated rings. The molecule has 2 aromatic rings. The number of carbonyl (C=O) groups excluding carboxylic acids is 1. The highest BCUT2D eigenvalue weighted by molar-refractivity contribution is 7.16. The molecule has 6 heteroatoms. The summed E-state index contributed by atoms with van der Waals surface area (Å²) in [6, 6.07) is 4.31. The number of amides is 1. The summed E-state index contributed by atoms with van der Waals surface area (Å²) in [4.78, 5) is 13.4. The predicted octanol–water partition coefficient (Wildman–Crippen LogP) is 3.46. The molecule has 0 radical (unpaired) electrons. The van der Waals surface area contributed by atoms with Gasteiger partial charge in [-0.15, -0.1) is 11.3 Å². The number of carbonyl (C=O) groups is 1. The Morgan fingerprint density at radius 2 is 2.45 bits per heavy atom. The van der Waals surface area contributed by atoms with E-state index >= 15 is 0 Å². The number of hydrogen-bond acceptors (Lipinski definition) is 5. The zero-order valence-electron chi connectivity index (χ0n) is 12.3. The van der Waals surface area contributed by atoms with Crippen LogP contribution in [0.25, 0.3) is 0 Å². The van der Waals surface area contributed by atoms with Crippen LogP contribution in [0.2, 0.25) is 0 Å². The Hall–Kier alpha value is -1.68. The van der Waals surface area contributed by atoms with Crippen molar-refractivity contribution in [3.05, 3.63) is 38.4 Å². The van der Waals surface area contributed by atoms with E-state index in [2.05, 4.69) is 35.1 Å². The molecule has 0 spiro atoms. The zero-order chi connectivity index (χ0) is 15.5. The Morgan fingerprint density at radius 3 is 3.18 bits per heavy atom. The van der Waals surface area contributed by atoms with E-state index in [1.807, 2.05) is 5.38 Å². The first kappa shape index (κ1) is 15.2. The van der Waals surface area contributed by atoms with Gasteiger partial charge in [0.15, 0.2) is 0 Å². The lowest BCUT2D eigenvalue weighted by atomic mass is 10.0. The molecule has 0 saturated carbocycles. The average molecular weight is 331 g/mol. The van der Waals surface area contributed by atoms with E-state index in [0.29, 0.717) is 17.0 Å². The Morgan fingerprint density at radius 1 is 1.59 bits per heavy atom. The van der Waals surface area contributed by atoms with Gasteiger partial charge in [0.2, 0.25) is 5.91 Å². The zero-order valence-corrected chi connectivity index (χ0v) is 13.9. The normalized spacial score (nSPS) is 14.9. The number of nitrogens with one attached hydrogen (secondary N) is 2. The van der Waals surface area contributed by atoms with E-state index < -0.39 is 0 Å². The maximum atomic E-state index is 12.3. The smallest absolute Gasteiger partial charge is 0.225 e. The molecule has 4 nitrogen and oxygen atoms in total. The van der Waals surface area contributed by atoms with Crippen molar-refractivity contribution >= 4 is 33.6 Å². The third-order valence-corrected chi connectivity index (χ3v) is 5.75. The van der Waals surface area contributed by atoms with Gasteiger partial charge in [-0.2, -0.15) is 16.6 Å². The highest BCUT2D eigenvalue weighted by atomic mass is 32.1. The maximum absolute atomic E-state index is 12.3. The molecule has 3 heterocycles. The molecule has 2 aromatic heterocycles. The molecule has 0 bridgehead atoms. The number of thiophene rings is 2. The van der Waals surface area contributed by atoms with Crippen LogP contribution in [0.4, 0.5) is 5.00 Å². The van der Waals surface area contributed by atoms with E-state index in [1.54, 1.807) is 11.3 Å². The minimum Gasteiger partial charge on any atom is -0.317 e. The van der Waals surface area contributed by atoms with E-state index in [0.717, 1.165) is 25.1 Å². The molecule has 1 unspecified atom stereocenters. The molecule has 1 atom stereocenters. The second-order valence-corrected chi connectivity index (χ2v) is 7.34. The standard InChI is InChI=1S/C16H17N3OS2/c1-10(11-3-5-21-9-11)6-15(20)19-16-13(7-17)12-2-4-18-8-14(12)22-16/h3,5,9-10,18H,2,4,6,8H2,1H3,(H,19,20). The molecule has 22 heavy (non-hydrogen) atoms. The van der Waals surface area contributed by atoms with Crippen LogP contribution in [-0.2, 0) is 17.8 Å². The number of fused-ring (bicyclic) bond motifs is 1. The van der Waals surface area contributed by atoms with Crippen molar-refractivity contribution < 1.29 is 4.79 Å². The average Bonchev–Trinajstić information content (AvgIpc) is 3.14. The minimum absolute atomic E-state index is 0.0262. The van der Waals surface area contributed by atoms with Crippen LogP contribution in [0.1, 0.15) is 40.8 Å². The first-order chi connectivity index (χ1) is 10.7. The Labute approximate surface area is 137 Å². The van der Waals surface area contributed by atoms with Crippen molar-refractivity contribution in [2.45, 2.75) is 32.2 Å². The van der Waals surface area contributed by atoms with Crippen LogP contribution in [0.5, 0.6) is 0 Å². The molecule has 114 valence electrons. The molecule has 0 aromatic carbocycles. The fourth-order valence-electron chi connectivity index (χ4n) is 2.67. The van der Waals surface area contributed by atoms with Gasteiger partial charge in [0.25, 0.3) is 0 Å². The van der Waals surface area contributed by atoms with Gasteiger partial charge in [-0.1, -0.05) is 6.92 Å². The lowest BCUT2D eigenvalue weighted by Crippen LogP contribution is -2.22. The minimum atomic E-state index is -0.0262. The van der Waals surface area contributed by atoms with Crippen molar-refractivity contribution in [3.8, 4) is 6.07 Å². The lowest BCUT2D eigenvalue weighted by molar-refractivity contribution is -0.116. The summed E-state index contributed by atoms with van der Waals surface area (Å²) in [6.07, 6.45) is 1.29. The van der Waals surface area contributed by atoms with Crippen LogP contribution in [0, 0.1) is 11.3 Å². The van der Waals surface area contributed by atoms with E-state index in [1.165, 1.54) is 21.8 Å². The summed E-state index contributed by atoms with van der Waals surface area (Å²) in [5, 5.41) is 20.4. The van der Waals surface area contributed by atoms with Gasteiger partial charge in [0, 0.05) is 17.8 Å². The molecule has 3 rings (SSSR count). The van der Waals surface area contributed by atoms with E-state index in [-0.39, 0.29) is 11.8 Å². The molecular formula is C16H17N3OS2. The Kier molecular flexibility index (Phi) is 4.57. The molecule has 2 N–H and O–H groups in total. The van der Waals surface area contributed by atoms with Crippen molar-refractivity contribution in [3.63, 3.8) is 0 Å². The monoisotopic (exact) mass is 331 g/mol. The van der Waals surface area contributed by atoms with Crippen molar-refractivity contribution in [1.82, 2.24) is 5.32 Å². The van der Waals surface area contributed by atoms with Crippen LogP contribution in [0.3, 0.4) is 0 Å². The molecule has 1 aliphatic heterocycles. The number of rotatable bonds is 4. The van der Waals surface area contributed by atoms with Gasteiger partial charge in [0.1, 0.15) is 11.1 Å². The number of nitriles is 1. The summed E-state index contributed by atoms with van der Waals surface area (Å²) in [6.45, 7) is 3.73. The SMILES string of the molecule is CC(CC(=O)Nc1sc2c(c1C#N)CCNC2)c1ccsc1. The van der Waals surface area contributed by atoms with Crippen LogP contribution >= 0.6 is 22.7 Å². The maximum Gasteiger partial charge on any atom is 0.225 e. The van der Waals surface area contributed by atoms with E-state index in [9.17, 15) is 10.1 Å². The quantitative estimate of drug-likeness (QED) is 0.902. The predicted molar refractivity (Wildman–Crippen MR) is 90.4 cm³/mol. The Bertz CT molecular complexity index is 713. The lowest BCUT2D eigenvalue weighted by Gasteiger charge is -2.11. The number of hydrogen-bond donors (Lipinski definition) is 2. The fraction of sp³-hybridized carbons (Fsp3) is 0.375. The molecule has 0 aliphatic carbocycles. The van der Waals surface area contributed by atoms with Crippen LogP contribution in [0.15, 0.2) is 16.8 Å². The van der Waals surface area contributed by atoms with Gasteiger partial charge in [-0.05, 0) is 46.8 Å². The third-order valence-electron chi connectivity index (χ3n) is 3.90.